The van der Waals surface area contributed by atoms with E-state index in [4.69, 9.17) is 0 Å². The van der Waals surface area contributed by atoms with Crippen molar-refractivity contribution in [3.05, 3.63) is 18.2 Å². The molecule has 3 aliphatic heterocycles. The second-order valence-electron chi connectivity index (χ2n) is 9.13. The summed E-state index contributed by atoms with van der Waals surface area (Å²) >= 11 is 0. The van der Waals surface area contributed by atoms with Gasteiger partial charge >= 0.3 is 0 Å². The van der Waals surface area contributed by atoms with Gasteiger partial charge in [0.25, 0.3) is 0 Å². The molecule has 0 spiro atoms. The molecule has 3 heterocycles. The Hall–Kier alpha value is -2.13. The van der Waals surface area contributed by atoms with Gasteiger partial charge in [-0.1, -0.05) is 6.92 Å². The Morgan fingerprint density at radius 1 is 1.06 bits per heavy atom. The van der Waals surface area contributed by atoms with Crippen molar-refractivity contribution in [3.8, 4) is 0 Å². The molecule has 1 aromatic rings. The Kier molecular flexibility index (Phi) is 6.00. The highest BCUT2D eigenvalue weighted by Crippen LogP contribution is 2.41. The van der Waals surface area contributed by atoms with Crippen LogP contribution in [0.4, 0.5) is 11.4 Å². The Balaban J connectivity index is 1.70. The van der Waals surface area contributed by atoms with Crippen molar-refractivity contribution in [2.45, 2.75) is 50.0 Å². The highest BCUT2D eigenvalue weighted by atomic mass is 32.2. The van der Waals surface area contributed by atoms with Crippen LogP contribution in [-0.2, 0) is 19.6 Å². The number of sulfonamides is 1. The van der Waals surface area contributed by atoms with E-state index in [-0.39, 0.29) is 29.3 Å². The van der Waals surface area contributed by atoms with Crippen LogP contribution < -0.4 is 9.80 Å². The molecule has 4 rings (SSSR count). The number of anilines is 2. The zero-order valence-corrected chi connectivity index (χ0v) is 19.4. The fraction of sp³-hybridized carbons (Fsp3) is 0.636. The molecule has 170 valence electrons. The number of carbonyl (C=O) groups excluding carboxylic acids is 2. The molecule has 31 heavy (non-hydrogen) atoms. The number of hydrogen-bond acceptors (Lipinski definition) is 5. The first-order valence-electron chi connectivity index (χ1n) is 11.1. The van der Waals surface area contributed by atoms with E-state index in [2.05, 4.69) is 11.8 Å². The van der Waals surface area contributed by atoms with Crippen LogP contribution in [0, 0.1) is 5.92 Å². The zero-order chi connectivity index (χ0) is 22.3. The van der Waals surface area contributed by atoms with Crippen LogP contribution in [0.1, 0.15) is 39.0 Å². The minimum atomic E-state index is -3.65. The second kappa shape index (κ2) is 8.43. The van der Waals surface area contributed by atoms with Crippen molar-refractivity contribution in [3.63, 3.8) is 0 Å². The molecule has 0 bridgehead atoms. The zero-order valence-electron chi connectivity index (χ0n) is 18.6. The molecule has 2 saturated heterocycles. The Morgan fingerprint density at radius 2 is 1.77 bits per heavy atom. The van der Waals surface area contributed by atoms with Crippen LogP contribution in [0.15, 0.2) is 23.1 Å². The highest BCUT2D eigenvalue weighted by molar-refractivity contribution is 7.89. The van der Waals surface area contributed by atoms with Gasteiger partial charge in [0.2, 0.25) is 21.8 Å². The lowest BCUT2D eigenvalue weighted by atomic mass is 9.96. The Labute approximate surface area is 184 Å². The molecule has 9 heteroatoms. The maximum atomic E-state index is 13.4. The van der Waals surface area contributed by atoms with Crippen LogP contribution in [0.25, 0.3) is 0 Å². The van der Waals surface area contributed by atoms with E-state index in [0.29, 0.717) is 24.7 Å². The SMILES string of the molecule is CC1CCN(C(=O)CN2C(=O)[C@H]3CCCCN3c3ccc(S(=O)(=O)N(C)C)cc32)CC1. The normalized spacial score (nSPS) is 22.5. The molecule has 3 aliphatic rings. The number of rotatable bonds is 4. The average Bonchev–Trinajstić information content (AvgIpc) is 2.76. The molecule has 0 N–H and O–H groups in total. The van der Waals surface area contributed by atoms with Crippen molar-refractivity contribution >= 4 is 33.2 Å². The van der Waals surface area contributed by atoms with Crippen molar-refractivity contribution in [2.24, 2.45) is 5.92 Å². The predicted octanol–water partition coefficient (Wildman–Crippen LogP) is 1.90. The minimum absolute atomic E-state index is 0.0456. The summed E-state index contributed by atoms with van der Waals surface area (Å²) in [7, 11) is -0.683. The van der Waals surface area contributed by atoms with Crippen LogP contribution >= 0.6 is 0 Å². The number of amides is 2. The molecule has 1 atom stereocenters. The van der Waals surface area contributed by atoms with Gasteiger partial charge in [-0.05, 0) is 56.2 Å². The van der Waals surface area contributed by atoms with Gasteiger partial charge in [0, 0.05) is 33.7 Å². The molecule has 0 radical (unpaired) electrons. The van der Waals surface area contributed by atoms with Gasteiger partial charge in [-0.3, -0.25) is 14.5 Å². The largest absolute Gasteiger partial charge is 0.358 e. The summed E-state index contributed by atoms with van der Waals surface area (Å²) in [6.45, 7) is 4.32. The van der Waals surface area contributed by atoms with Crippen LogP contribution in [0.3, 0.4) is 0 Å². The lowest BCUT2D eigenvalue weighted by Crippen LogP contribution is -2.57. The van der Waals surface area contributed by atoms with Gasteiger partial charge in [0.1, 0.15) is 12.6 Å². The highest BCUT2D eigenvalue weighted by Gasteiger charge is 2.41. The maximum absolute atomic E-state index is 13.4. The van der Waals surface area contributed by atoms with Gasteiger partial charge < -0.3 is 9.80 Å². The number of piperidine rings is 2. The third-order valence-electron chi connectivity index (χ3n) is 6.81. The van der Waals surface area contributed by atoms with Crippen molar-refractivity contribution < 1.29 is 18.0 Å². The van der Waals surface area contributed by atoms with E-state index in [1.807, 2.05) is 4.90 Å². The van der Waals surface area contributed by atoms with E-state index < -0.39 is 10.0 Å². The van der Waals surface area contributed by atoms with Gasteiger partial charge in [-0.15, -0.1) is 0 Å². The van der Waals surface area contributed by atoms with Gasteiger partial charge in [0.05, 0.1) is 16.3 Å². The smallest absolute Gasteiger partial charge is 0.250 e. The summed E-state index contributed by atoms with van der Waals surface area (Å²) < 4.78 is 26.6. The summed E-state index contributed by atoms with van der Waals surface area (Å²) in [5.41, 5.74) is 1.35. The van der Waals surface area contributed by atoms with Crippen molar-refractivity contribution in [1.29, 1.82) is 0 Å². The topological polar surface area (TPSA) is 81.2 Å². The molecule has 2 amide bonds. The van der Waals surface area contributed by atoms with E-state index in [9.17, 15) is 18.0 Å². The first kappa shape index (κ1) is 22.1. The number of likely N-dealkylation sites (tertiary alicyclic amines) is 1. The van der Waals surface area contributed by atoms with Crippen LogP contribution in [0.2, 0.25) is 0 Å². The third kappa shape index (κ3) is 4.05. The predicted molar refractivity (Wildman–Crippen MR) is 120 cm³/mol. The van der Waals surface area contributed by atoms with Gasteiger partial charge in [-0.2, -0.15) is 0 Å². The molecule has 2 fully saturated rings. The third-order valence-corrected chi connectivity index (χ3v) is 8.62. The Bertz CT molecular complexity index is 970. The first-order chi connectivity index (χ1) is 14.7. The lowest BCUT2D eigenvalue weighted by Gasteiger charge is -2.45. The minimum Gasteiger partial charge on any atom is -0.358 e. The van der Waals surface area contributed by atoms with E-state index >= 15 is 0 Å². The van der Waals surface area contributed by atoms with E-state index in [1.165, 1.54) is 19.0 Å². The molecule has 0 saturated carbocycles. The summed E-state index contributed by atoms with van der Waals surface area (Å²) in [4.78, 5) is 32.1. The number of benzene rings is 1. The Morgan fingerprint density at radius 3 is 2.45 bits per heavy atom. The second-order valence-corrected chi connectivity index (χ2v) is 11.3. The summed E-state index contributed by atoms with van der Waals surface area (Å²) in [5.74, 6) is 0.428. The van der Waals surface area contributed by atoms with Crippen molar-refractivity contribution in [2.75, 3.05) is 50.1 Å². The summed E-state index contributed by atoms with van der Waals surface area (Å²) in [6, 6.07) is 4.66. The van der Waals surface area contributed by atoms with E-state index in [1.54, 1.807) is 18.2 Å². The number of nitrogens with zero attached hydrogens (tertiary/aromatic N) is 4. The molecule has 8 nitrogen and oxygen atoms in total. The first-order valence-corrected chi connectivity index (χ1v) is 12.6. The number of carbonyl (C=O) groups is 2. The fourth-order valence-corrected chi connectivity index (χ4v) is 5.69. The van der Waals surface area contributed by atoms with Crippen molar-refractivity contribution in [1.82, 2.24) is 9.21 Å². The van der Waals surface area contributed by atoms with Crippen LogP contribution in [-0.4, -0.2) is 75.8 Å². The van der Waals surface area contributed by atoms with Gasteiger partial charge in [-0.25, -0.2) is 12.7 Å². The monoisotopic (exact) mass is 448 g/mol. The standard InChI is InChI=1S/C22H32N4O4S/c1-16-9-12-24(13-10-16)21(27)15-26-20-14-17(31(29,30)23(2)3)7-8-18(20)25-11-5-4-6-19(25)22(26)28/h7-8,14,16,19H,4-6,9-13,15H2,1-3H3/t19-/m1/s1. The van der Waals surface area contributed by atoms with E-state index in [0.717, 1.165) is 48.6 Å². The van der Waals surface area contributed by atoms with Crippen LogP contribution in [0.5, 0.6) is 0 Å². The maximum Gasteiger partial charge on any atom is 0.250 e. The molecule has 0 aliphatic carbocycles. The summed E-state index contributed by atoms with van der Waals surface area (Å²) in [5, 5.41) is 0. The quantitative estimate of drug-likeness (QED) is 0.703. The lowest BCUT2D eigenvalue weighted by molar-refractivity contribution is -0.133. The molecular weight excluding hydrogens is 416 g/mol. The number of fused-ring (bicyclic) bond motifs is 3. The number of hydrogen-bond donors (Lipinski definition) is 0. The average molecular weight is 449 g/mol. The molecular formula is C22H32N4O4S. The summed E-state index contributed by atoms with van der Waals surface area (Å²) in [6.07, 6.45) is 4.66. The molecule has 1 aromatic carbocycles. The molecule has 0 aromatic heterocycles. The molecule has 0 unspecified atom stereocenters. The fourth-order valence-electron chi connectivity index (χ4n) is 4.77. The van der Waals surface area contributed by atoms with Gasteiger partial charge in [0.15, 0.2) is 0 Å².